The largest absolute Gasteiger partial charge is 0.359 e. The molecule has 0 atom stereocenters. The van der Waals surface area contributed by atoms with Crippen molar-refractivity contribution in [1.29, 1.82) is 5.26 Å². The number of hydrogen-bond acceptors (Lipinski definition) is 6. The molecule has 1 heterocycles. The molecule has 2 N–H and O–H groups in total. The van der Waals surface area contributed by atoms with Gasteiger partial charge in [0.05, 0.1) is 5.69 Å². The fraction of sp³-hybridized carbons (Fsp3) is 0.0909. The van der Waals surface area contributed by atoms with Gasteiger partial charge in [-0.1, -0.05) is 12.1 Å². The van der Waals surface area contributed by atoms with Gasteiger partial charge in [0.25, 0.3) is 0 Å². The van der Waals surface area contributed by atoms with E-state index in [1.807, 2.05) is 36.6 Å². The first-order valence-corrected chi connectivity index (χ1v) is 6.31. The SMILES string of the molecule is CSc1ccccc1NC=C(C#N)c1nn[nH]n1. The summed E-state index contributed by atoms with van der Waals surface area (Å²) in [5, 5.41) is 25.3. The van der Waals surface area contributed by atoms with E-state index in [2.05, 4.69) is 25.9 Å². The minimum absolute atomic E-state index is 0.270. The summed E-state index contributed by atoms with van der Waals surface area (Å²) < 4.78 is 0. The highest BCUT2D eigenvalue weighted by atomic mass is 32.2. The van der Waals surface area contributed by atoms with Crippen LogP contribution in [-0.4, -0.2) is 26.9 Å². The smallest absolute Gasteiger partial charge is 0.216 e. The first kappa shape index (κ1) is 12.1. The Kier molecular flexibility index (Phi) is 3.94. The first-order chi connectivity index (χ1) is 8.85. The number of para-hydroxylation sites is 1. The van der Waals surface area contributed by atoms with Crippen LogP contribution in [0.5, 0.6) is 0 Å². The maximum absolute atomic E-state index is 9.02. The third-order valence-corrected chi connectivity index (χ3v) is 2.98. The third kappa shape index (κ3) is 2.67. The molecule has 0 saturated carbocycles. The van der Waals surface area contributed by atoms with E-state index >= 15 is 0 Å². The normalized spacial score (nSPS) is 11.0. The van der Waals surface area contributed by atoms with Crippen LogP contribution >= 0.6 is 11.8 Å². The van der Waals surface area contributed by atoms with Crippen LogP contribution in [-0.2, 0) is 0 Å². The van der Waals surface area contributed by atoms with Crippen molar-refractivity contribution in [2.24, 2.45) is 0 Å². The van der Waals surface area contributed by atoms with Crippen LogP contribution in [0.15, 0.2) is 35.4 Å². The van der Waals surface area contributed by atoms with Crippen molar-refractivity contribution < 1.29 is 0 Å². The number of tetrazole rings is 1. The summed E-state index contributed by atoms with van der Waals surface area (Å²) in [5.41, 5.74) is 1.25. The highest BCUT2D eigenvalue weighted by molar-refractivity contribution is 7.98. The van der Waals surface area contributed by atoms with E-state index in [9.17, 15) is 0 Å². The van der Waals surface area contributed by atoms with Crippen molar-refractivity contribution in [2.45, 2.75) is 4.90 Å². The number of anilines is 1. The molecular formula is C11H10N6S. The van der Waals surface area contributed by atoms with Gasteiger partial charge in [0.2, 0.25) is 5.82 Å². The average Bonchev–Trinajstić information content (AvgIpc) is 2.94. The molecular weight excluding hydrogens is 248 g/mol. The van der Waals surface area contributed by atoms with E-state index < -0.39 is 0 Å². The molecule has 6 nitrogen and oxygen atoms in total. The highest BCUT2D eigenvalue weighted by Crippen LogP contribution is 2.24. The van der Waals surface area contributed by atoms with E-state index in [1.54, 1.807) is 18.0 Å². The van der Waals surface area contributed by atoms with Crippen LogP contribution in [0.3, 0.4) is 0 Å². The second-order valence-electron chi connectivity index (χ2n) is 3.25. The lowest BCUT2D eigenvalue weighted by atomic mass is 10.3. The van der Waals surface area contributed by atoms with Crippen LogP contribution in [0.25, 0.3) is 5.57 Å². The molecule has 0 aliphatic carbocycles. The number of H-pyrrole nitrogens is 1. The molecule has 0 spiro atoms. The monoisotopic (exact) mass is 258 g/mol. The molecule has 1 aromatic carbocycles. The van der Waals surface area contributed by atoms with E-state index in [-0.39, 0.29) is 5.82 Å². The van der Waals surface area contributed by atoms with Gasteiger partial charge < -0.3 is 5.32 Å². The van der Waals surface area contributed by atoms with Gasteiger partial charge in [-0.25, -0.2) is 0 Å². The number of nitrogens with zero attached hydrogens (tertiary/aromatic N) is 4. The molecule has 2 rings (SSSR count). The van der Waals surface area contributed by atoms with Gasteiger partial charge in [-0.15, -0.1) is 22.0 Å². The number of thioether (sulfide) groups is 1. The number of nitriles is 1. The summed E-state index contributed by atoms with van der Waals surface area (Å²) >= 11 is 1.63. The number of allylic oxidation sites excluding steroid dienone is 1. The van der Waals surface area contributed by atoms with Crippen molar-refractivity contribution in [2.75, 3.05) is 11.6 Å². The molecule has 0 bridgehead atoms. The lowest BCUT2D eigenvalue weighted by Crippen LogP contribution is -1.94. The van der Waals surface area contributed by atoms with Crippen molar-refractivity contribution >= 4 is 23.0 Å². The molecule has 90 valence electrons. The molecule has 1 aromatic heterocycles. The molecule has 0 aliphatic heterocycles. The Morgan fingerprint density at radius 1 is 1.50 bits per heavy atom. The van der Waals surface area contributed by atoms with E-state index in [0.717, 1.165) is 10.6 Å². The molecule has 0 saturated heterocycles. The Morgan fingerprint density at radius 3 is 3.00 bits per heavy atom. The molecule has 0 amide bonds. The van der Waals surface area contributed by atoms with Crippen molar-refractivity contribution in [3.05, 3.63) is 36.3 Å². The molecule has 0 radical (unpaired) electrons. The van der Waals surface area contributed by atoms with Crippen molar-refractivity contribution in [1.82, 2.24) is 20.6 Å². The molecule has 2 aromatic rings. The lowest BCUT2D eigenvalue weighted by molar-refractivity contribution is 0.881. The minimum atomic E-state index is 0.270. The van der Waals surface area contributed by atoms with Gasteiger partial charge in [-0.2, -0.15) is 10.5 Å². The highest BCUT2D eigenvalue weighted by Gasteiger charge is 2.06. The summed E-state index contributed by atoms with van der Waals surface area (Å²) in [4.78, 5) is 1.10. The van der Waals surface area contributed by atoms with Gasteiger partial charge >= 0.3 is 0 Å². The zero-order valence-electron chi connectivity index (χ0n) is 9.58. The summed E-state index contributed by atoms with van der Waals surface area (Å²) in [6.45, 7) is 0. The number of hydrogen-bond donors (Lipinski definition) is 2. The Morgan fingerprint density at radius 2 is 2.33 bits per heavy atom. The zero-order valence-corrected chi connectivity index (χ0v) is 10.4. The van der Waals surface area contributed by atoms with Crippen molar-refractivity contribution in [3.8, 4) is 6.07 Å². The average molecular weight is 258 g/mol. The van der Waals surface area contributed by atoms with E-state index in [0.29, 0.717) is 5.57 Å². The van der Waals surface area contributed by atoms with Gasteiger partial charge in [0, 0.05) is 11.1 Å². The minimum Gasteiger partial charge on any atom is -0.359 e. The number of rotatable bonds is 4. The Bertz CT molecular complexity index is 584. The predicted octanol–water partition coefficient (Wildman–Crippen LogP) is 1.90. The van der Waals surface area contributed by atoms with Crippen LogP contribution in [0.2, 0.25) is 0 Å². The number of nitrogens with one attached hydrogen (secondary N) is 2. The quantitative estimate of drug-likeness (QED) is 0.643. The topological polar surface area (TPSA) is 90.3 Å². The molecule has 7 heteroatoms. The number of benzene rings is 1. The van der Waals surface area contributed by atoms with Gasteiger partial charge in [-0.3, -0.25) is 0 Å². The summed E-state index contributed by atoms with van der Waals surface area (Å²) in [7, 11) is 0. The summed E-state index contributed by atoms with van der Waals surface area (Å²) in [6.07, 6.45) is 3.56. The fourth-order valence-electron chi connectivity index (χ4n) is 1.34. The van der Waals surface area contributed by atoms with Crippen LogP contribution < -0.4 is 5.32 Å². The summed E-state index contributed by atoms with van der Waals surface area (Å²) in [5.74, 6) is 0.270. The maximum Gasteiger partial charge on any atom is 0.216 e. The van der Waals surface area contributed by atoms with Crippen LogP contribution in [0.4, 0.5) is 5.69 Å². The fourth-order valence-corrected chi connectivity index (χ4v) is 1.90. The Balaban J connectivity index is 2.22. The Hall–Kier alpha value is -2.33. The van der Waals surface area contributed by atoms with Gasteiger partial charge in [0.15, 0.2) is 0 Å². The number of aromatic amines is 1. The predicted molar refractivity (Wildman–Crippen MR) is 69.6 cm³/mol. The summed E-state index contributed by atoms with van der Waals surface area (Å²) in [6, 6.07) is 9.85. The second kappa shape index (κ2) is 5.84. The Labute approximate surface area is 108 Å². The van der Waals surface area contributed by atoms with Crippen molar-refractivity contribution in [3.63, 3.8) is 0 Å². The van der Waals surface area contributed by atoms with Crippen LogP contribution in [0.1, 0.15) is 5.82 Å². The maximum atomic E-state index is 9.02. The lowest BCUT2D eigenvalue weighted by Gasteiger charge is -2.06. The second-order valence-corrected chi connectivity index (χ2v) is 4.10. The standard InChI is InChI=1S/C11H10N6S/c1-18-10-5-3-2-4-9(10)13-7-8(6-12)11-14-16-17-15-11/h2-5,7,13H,1H3,(H,14,15,16,17). The molecule has 0 unspecified atom stereocenters. The van der Waals surface area contributed by atoms with Crippen LogP contribution in [0, 0.1) is 11.3 Å². The molecule has 18 heavy (non-hydrogen) atoms. The van der Waals surface area contributed by atoms with E-state index in [1.165, 1.54) is 0 Å². The molecule has 0 fully saturated rings. The number of aromatic nitrogens is 4. The van der Waals surface area contributed by atoms with Gasteiger partial charge in [-0.05, 0) is 23.6 Å². The zero-order chi connectivity index (χ0) is 12.8. The first-order valence-electron chi connectivity index (χ1n) is 5.09. The molecule has 0 aliphatic rings. The third-order valence-electron chi connectivity index (χ3n) is 2.19. The van der Waals surface area contributed by atoms with Gasteiger partial charge in [0.1, 0.15) is 11.6 Å². The van der Waals surface area contributed by atoms with E-state index in [4.69, 9.17) is 5.26 Å².